The summed E-state index contributed by atoms with van der Waals surface area (Å²) in [5.41, 5.74) is 0. The van der Waals surface area contributed by atoms with E-state index in [-0.39, 0.29) is 25.7 Å². The van der Waals surface area contributed by atoms with Crippen molar-refractivity contribution in [2.24, 2.45) is 0 Å². The zero-order valence-corrected chi connectivity index (χ0v) is 61.7. The summed E-state index contributed by atoms with van der Waals surface area (Å²) < 4.78 is 68.4. The van der Waals surface area contributed by atoms with Crippen LogP contribution in [-0.2, 0) is 65.4 Å². The highest BCUT2D eigenvalue weighted by molar-refractivity contribution is 7.47. The second kappa shape index (κ2) is 68.5. The van der Waals surface area contributed by atoms with Gasteiger partial charge in [0.1, 0.15) is 19.3 Å². The SMILES string of the molecule is CCCC/C=C\CCCCCCCC(=O)OC(COC(=O)CCCCCCC/C=C\C/C=C\CCCCC)COP(=O)(O)OCC(O)COP(=O)(O)OCC(COC(=O)CCCCCCCCCCCCCCCCC)OC(=O)CCCCCCC/C=C\CCCCCC. The monoisotopic (exact) mass is 1370 g/mol. The van der Waals surface area contributed by atoms with Crippen molar-refractivity contribution in [1.82, 2.24) is 0 Å². The summed E-state index contributed by atoms with van der Waals surface area (Å²) in [5.74, 6) is -2.18. The molecule has 550 valence electrons. The number of aliphatic hydroxyl groups is 1. The van der Waals surface area contributed by atoms with E-state index in [0.29, 0.717) is 25.7 Å². The van der Waals surface area contributed by atoms with Gasteiger partial charge in [-0.3, -0.25) is 37.3 Å². The molecule has 5 atom stereocenters. The van der Waals surface area contributed by atoms with Gasteiger partial charge in [0.2, 0.25) is 0 Å². The van der Waals surface area contributed by atoms with Gasteiger partial charge in [0.25, 0.3) is 0 Å². The van der Waals surface area contributed by atoms with Crippen molar-refractivity contribution in [1.29, 1.82) is 0 Å². The first kappa shape index (κ1) is 91.0. The second-order valence-corrected chi connectivity index (χ2v) is 28.5. The highest BCUT2D eigenvalue weighted by atomic mass is 31.2. The lowest BCUT2D eigenvalue weighted by Gasteiger charge is -2.21. The first-order valence-corrected chi connectivity index (χ1v) is 40.9. The summed E-state index contributed by atoms with van der Waals surface area (Å²) in [6.45, 7) is 4.81. The number of ether oxygens (including phenoxy) is 4. The Labute approximate surface area is 572 Å². The fourth-order valence-electron chi connectivity index (χ4n) is 10.4. The molecule has 0 heterocycles. The normalized spacial score (nSPS) is 14.2. The Hall–Kier alpha value is -2.98. The lowest BCUT2D eigenvalue weighted by molar-refractivity contribution is -0.161. The average molecular weight is 1370 g/mol. The number of esters is 4. The van der Waals surface area contributed by atoms with Crippen LogP contribution in [0.1, 0.15) is 349 Å². The smallest absolute Gasteiger partial charge is 0.462 e. The topological polar surface area (TPSA) is 237 Å². The maximum Gasteiger partial charge on any atom is 0.472 e. The van der Waals surface area contributed by atoms with Crippen LogP contribution in [0.4, 0.5) is 0 Å². The van der Waals surface area contributed by atoms with Gasteiger partial charge in [0, 0.05) is 25.7 Å². The van der Waals surface area contributed by atoms with E-state index in [0.717, 1.165) is 141 Å². The molecule has 0 aromatic rings. The summed E-state index contributed by atoms with van der Waals surface area (Å²) in [4.78, 5) is 72.7. The van der Waals surface area contributed by atoms with Gasteiger partial charge in [-0.25, -0.2) is 9.13 Å². The summed E-state index contributed by atoms with van der Waals surface area (Å²) in [6.07, 6.45) is 63.9. The number of allylic oxidation sites excluding steroid dienone is 8. The summed E-state index contributed by atoms with van der Waals surface area (Å²) in [6, 6.07) is 0. The number of rotatable bonds is 72. The molecule has 0 aliphatic heterocycles. The Kier molecular flexibility index (Phi) is 66.4. The molecule has 0 aromatic heterocycles. The molecular formula is C75H138O17P2. The van der Waals surface area contributed by atoms with Crippen molar-refractivity contribution >= 4 is 39.5 Å². The van der Waals surface area contributed by atoms with Crippen LogP contribution in [0.5, 0.6) is 0 Å². The molecule has 94 heavy (non-hydrogen) atoms. The van der Waals surface area contributed by atoms with Crippen LogP contribution in [0.25, 0.3) is 0 Å². The molecule has 0 fully saturated rings. The van der Waals surface area contributed by atoms with Crippen LogP contribution in [-0.4, -0.2) is 96.7 Å². The van der Waals surface area contributed by atoms with Crippen LogP contribution in [0.2, 0.25) is 0 Å². The third-order valence-corrected chi connectivity index (χ3v) is 18.2. The van der Waals surface area contributed by atoms with Crippen molar-refractivity contribution in [2.75, 3.05) is 39.6 Å². The molecule has 0 amide bonds. The van der Waals surface area contributed by atoms with Crippen LogP contribution in [0.15, 0.2) is 48.6 Å². The van der Waals surface area contributed by atoms with Crippen molar-refractivity contribution in [3.05, 3.63) is 48.6 Å². The zero-order valence-electron chi connectivity index (χ0n) is 59.9. The minimum absolute atomic E-state index is 0.0855. The molecule has 5 unspecified atom stereocenters. The molecule has 0 aliphatic rings. The van der Waals surface area contributed by atoms with Crippen molar-refractivity contribution in [3.63, 3.8) is 0 Å². The molecule has 0 spiro atoms. The van der Waals surface area contributed by atoms with Gasteiger partial charge in [0.15, 0.2) is 12.2 Å². The molecule has 0 saturated carbocycles. The van der Waals surface area contributed by atoms with E-state index in [2.05, 4.69) is 76.3 Å². The largest absolute Gasteiger partial charge is 0.472 e. The van der Waals surface area contributed by atoms with Crippen molar-refractivity contribution in [3.8, 4) is 0 Å². The Balaban J connectivity index is 5.29. The summed E-state index contributed by atoms with van der Waals surface area (Å²) >= 11 is 0. The van der Waals surface area contributed by atoms with E-state index in [1.807, 2.05) is 0 Å². The van der Waals surface area contributed by atoms with Gasteiger partial charge in [0.05, 0.1) is 26.4 Å². The van der Waals surface area contributed by atoms with Crippen LogP contribution < -0.4 is 0 Å². The quantitative estimate of drug-likeness (QED) is 0.0169. The third kappa shape index (κ3) is 67.6. The number of carbonyl (C=O) groups excluding carboxylic acids is 4. The van der Waals surface area contributed by atoms with E-state index < -0.39 is 97.5 Å². The number of aliphatic hydroxyl groups excluding tert-OH is 1. The summed E-state index contributed by atoms with van der Waals surface area (Å²) in [7, 11) is -9.93. The molecule has 0 radical (unpaired) electrons. The lowest BCUT2D eigenvalue weighted by Crippen LogP contribution is -2.30. The fourth-order valence-corrected chi connectivity index (χ4v) is 12.0. The van der Waals surface area contributed by atoms with Gasteiger partial charge in [-0.2, -0.15) is 0 Å². The summed E-state index contributed by atoms with van der Waals surface area (Å²) in [5, 5.41) is 10.6. The zero-order chi connectivity index (χ0) is 69.0. The van der Waals surface area contributed by atoms with E-state index in [1.54, 1.807) is 0 Å². The molecule has 0 aliphatic carbocycles. The molecule has 0 rings (SSSR count). The van der Waals surface area contributed by atoms with Gasteiger partial charge in [-0.05, 0) is 103 Å². The number of hydrogen-bond acceptors (Lipinski definition) is 15. The minimum atomic E-state index is -4.97. The average Bonchev–Trinajstić information content (AvgIpc) is 2.22. The standard InChI is InChI=1S/C75H138O17P2/c1-5-9-13-17-21-25-29-32-34-37-40-43-47-51-55-59-72(77)85-65-70(91-74(79)61-57-53-49-45-39-28-24-20-16-12-8-4)67-89-93(81,82)87-63-69(76)64-88-94(83,84)90-68-71(92-75(80)62-58-54-50-46-42-36-31-27-23-19-15-11-7-3)66-86-73(78)60-56-52-48-44-41-38-35-33-30-26-22-18-14-10-6-2/h20-21,24-25,27,31-32,34,69-71,76H,5-19,22-23,26,28-30,33,35-68H2,1-4H3,(H,81,82)(H,83,84)/b24-20-,25-21-,31-27-,34-32-. The Morgan fingerprint density at radius 3 is 0.862 bits per heavy atom. The van der Waals surface area contributed by atoms with Gasteiger partial charge < -0.3 is 33.8 Å². The molecule has 19 heteroatoms. The van der Waals surface area contributed by atoms with Crippen LogP contribution >= 0.6 is 15.6 Å². The first-order chi connectivity index (χ1) is 45.7. The molecule has 3 N–H and O–H groups in total. The predicted molar refractivity (Wildman–Crippen MR) is 381 cm³/mol. The molecule has 0 saturated heterocycles. The maximum absolute atomic E-state index is 13.0. The Morgan fingerprint density at radius 2 is 0.532 bits per heavy atom. The van der Waals surface area contributed by atoms with Gasteiger partial charge in [-0.15, -0.1) is 0 Å². The third-order valence-electron chi connectivity index (χ3n) is 16.3. The van der Waals surface area contributed by atoms with Crippen LogP contribution in [0, 0.1) is 0 Å². The van der Waals surface area contributed by atoms with Crippen molar-refractivity contribution < 1.29 is 80.2 Å². The fraction of sp³-hybridized carbons (Fsp3) is 0.840. The molecule has 0 aromatic carbocycles. The number of hydrogen-bond donors (Lipinski definition) is 3. The highest BCUT2D eigenvalue weighted by Gasteiger charge is 2.30. The van der Waals surface area contributed by atoms with Gasteiger partial charge >= 0.3 is 39.5 Å². The first-order valence-electron chi connectivity index (χ1n) is 37.9. The number of phosphoric ester groups is 2. The van der Waals surface area contributed by atoms with E-state index in [4.69, 9.17) is 37.0 Å². The minimum Gasteiger partial charge on any atom is -0.462 e. The number of carbonyl (C=O) groups is 4. The predicted octanol–water partition coefficient (Wildman–Crippen LogP) is 21.3. The lowest BCUT2D eigenvalue weighted by atomic mass is 10.0. The number of phosphoric acid groups is 2. The highest BCUT2D eigenvalue weighted by Crippen LogP contribution is 2.45. The van der Waals surface area contributed by atoms with Gasteiger partial charge in [-0.1, -0.05) is 269 Å². The molecule has 0 bridgehead atoms. The van der Waals surface area contributed by atoms with Crippen molar-refractivity contribution in [2.45, 2.75) is 367 Å². The molecule has 17 nitrogen and oxygen atoms in total. The molecular weight excluding hydrogens is 1230 g/mol. The van der Waals surface area contributed by atoms with E-state index >= 15 is 0 Å². The maximum atomic E-state index is 13.0. The second-order valence-electron chi connectivity index (χ2n) is 25.6. The van der Waals surface area contributed by atoms with Crippen LogP contribution in [0.3, 0.4) is 0 Å². The Bertz CT molecular complexity index is 1980. The van der Waals surface area contributed by atoms with E-state index in [1.165, 1.54) is 128 Å². The number of unbranched alkanes of at least 4 members (excludes halogenated alkanes) is 38. The van der Waals surface area contributed by atoms with E-state index in [9.17, 15) is 43.2 Å². The Morgan fingerprint density at radius 1 is 0.298 bits per heavy atom.